The largest absolute Gasteiger partial charge is 0.446 e. The fourth-order valence-corrected chi connectivity index (χ4v) is 6.20. The molecular weight excluding hydrogens is 512 g/mol. The quantitative estimate of drug-likeness (QED) is 0.325. The fraction of sp³-hybridized carbons (Fsp3) is 0.862. The summed E-state index contributed by atoms with van der Waals surface area (Å²) < 4.78 is 16.6. The Labute approximate surface area is 239 Å². The maximum atomic E-state index is 13.9. The molecule has 40 heavy (non-hydrogen) atoms. The van der Waals surface area contributed by atoms with Crippen molar-refractivity contribution in [3.05, 3.63) is 0 Å². The molecule has 0 spiro atoms. The molecule has 11 heteroatoms. The Morgan fingerprint density at radius 3 is 2.48 bits per heavy atom. The molecule has 1 saturated carbocycles. The highest BCUT2D eigenvalue weighted by atomic mass is 16.6. The Morgan fingerprint density at radius 2 is 1.82 bits per heavy atom. The number of nitriles is 1. The third-order valence-corrected chi connectivity index (χ3v) is 8.64. The number of hydrogen-bond acceptors (Lipinski definition) is 8. The van der Waals surface area contributed by atoms with Crippen LogP contribution in [-0.2, 0) is 19.0 Å². The molecule has 3 aliphatic heterocycles. The normalized spacial score (nSPS) is 25.1. The standard InChI is InChI=1S/C29H48N6O5/c1-2-12-34-13-10-29(22-30,11-14-34)33-26(36)25(20-23-7-4-3-5-8-23)31-27(35-15-18-38-19-16-35)32-28(37)40-21-24-9-6-17-39-24/h23-25H,2-21H2,1H3,(H,33,36)(H,31,32,37). The van der Waals surface area contributed by atoms with Crippen LogP contribution in [0.3, 0.4) is 0 Å². The first kappa shape index (κ1) is 30.5. The summed E-state index contributed by atoms with van der Waals surface area (Å²) in [6.07, 6.45) is 9.68. The van der Waals surface area contributed by atoms with Crippen molar-refractivity contribution < 1.29 is 23.8 Å². The Kier molecular flexibility index (Phi) is 11.9. The summed E-state index contributed by atoms with van der Waals surface area (Å²) in [5.41, 5.74) is -0.894. The number of ether oxygens (including phenoxy) is 3. The molecule has 0 aromatic rings. The van der Waals surface area contributed by atoms with E-state index in [-0.39, 0.29) is 18.6 Å². The van der Waals surface area contributed by atoms with E-state index in [0.29, 0.717) is 64.1 Å². The highest BCUT2D eigenvalue weighted by Crippen LogP contribution is 2.29. The lowest BCUT2D eigenvalue weighted by Gasteiger charge is -2.38. The number of nitrogens with zero attached hydrogens (tertiary/aromatic N) is 4. The van der Waals surface area contributed by atoms with Crippen molar-refractivity contribution >= 4 is 18.0 Å². The molecule has 2 atom stereocenters. The maximum Gasteiger partial charge on any atom is 0.414 e. The number of morpholine rings is 1. The zero-order valence-electron chi connectivity index (χ0n) is 24.2. The minimum Gasteiger partial charge on any atom is -0.446 e. The first-order valence-corrected chi connectivity index (χ1v) is 15.4. The van der Waals surface area contributed by atoms with Gasteiger partial charge in [-0.05, 0) is 51.0 Å². The van der Waals surface area contributed by atoms with Crippen molar-refractivity contribution in [3.8, 4) is 6.07 Å². The molecule has 2 N–H and O–H groups in total. The number of carbonyl (C=O) groups is 2. The van der Waals surface area contributed by atoms with Gasteiger partial charge in [-0.1, -0.05) is 39.0 Å². The van der Waals surface area contributed by atoms with E-state index < -0.39 is 17.7 Å². The van der Waals surface area contributed by atoms with Gasteiger partial charge in [-0.2, -0.15) is 5.26 Å². The Bertz CT molecular complexity index is 882. The molecule has 0 aromatic carbocycles. The molecular formula is C29H48N6O5. The van der Waals surface area contributed by atoms with Crippen LogP contribution >= 0.6 is 0 Å². The number of piperidine rings is 1. The van der Waals surface area contributed by atoms with E-state index in [0.717, 1.165) is 64.6 Å². The van der Waals surface area contributed by atoms with Gasteiger partial charge in [0.1, 0.15) is 18.2 Å². The van der Waals surface area contributed by atoms with E-state index in [9.17, 15) is 14.9 Å². The van der Waals surface area contributed by atoms with Crippen LogP contribution in [-0.4, -0.2) is 105 Å². The second-order valence-corrected chi connectivity index (χ2v) is 11.7. The molecule has 0 aromatic heterocycles. The predicted octanol–water partition coefficient (Wildman–Crippen LogP) is 2.80. The van der Waals surface area contributed by atoms with E-state index in [2.05, 4.69) is 28.5 Å². The lowest BCUT2D eigenvalue weighted by atomic mass is 9.84. The number of rotatable bonds is 9. The van der Waals surface area contributed by atoms with E-state index in [4.69, 9.17) is 19.2 Å². The monoisotopic (exact) mass is 560 g/mol. The molecule has 2 unspecified atom stereocenters. The number of carbonyl (C=O) groups excluding carboxylic acids is 2. The number of nitrogens with one attached hydrogen (secondary N) is 2. The SMILES string of the molecule is CCCN1CCC(C#N)(NC(=O)C(CC2CCCCC2)N=C(NC(=O)OCC2CCCO2)N2CCOCC2)CC1. The van der Waals surface area contributed by atoms with Gasteiger partial charge in [-0.25, -0.2) is 9.79 Å². The lowest BCUT2D eigenvalue weighted by Crippen LogP contribution is -2.57. The summed E-state index contributed by atoms with van der Waals surface area (Å²) in [7, 11) is 0. The molecule has 4 fully saturated rings. The number of guanidine groups is 1. The number of likely N-dealkylation sites (tertiary alicyclic amines) is 1. The highest BCUT2D eigenvalue weighted by Gasteiger charge is 2.38. The fourth-order valence-electron chi connectivity index (χ4n) is 6.20. The first-order chi connectivity index (χ1) is 19.5. The first-order valence-electron chi connectivity index (χ1n) is 15.4. The van der Waals surface area contributed by atoms with Gasteiger partial charge in [0.2, 0.25) is 11.9 Å². The van der Waals surface area contributed by atoms with Crippen LogP contribution in [0.15, 0.2) is 4.99 Å². The summed E-state index contributed by atoms with van der Waals surface area (Å²) in [5, 5.41) is 16.1. The number of hydrogen-bond donors (Lipinski definition) is 2. The van der Waals surface area contributed by atoms with Crippen LogP contribution in [0.4, 0.5) is 4.79 Å². The summed E-state index contributed by atoms with van der Waals surface area (Å²) >= 11 is 0. The van der Waals surface area contributed by atoms with Gasteiger partial charge in [0.15, 0.2) is 0 Å². The number of amides is 2. The molecule has 1 aliphatic carbocycles. The molecule has 3 saturated heterocycles. The predicted molar refractivity (Wildman–Crippen MR) is 151 cm³/mol. The van der Waals surface area contributed by atoms with Crippen molar-refractivity contribution in [2.45, 2.75) is 95.2 Å². The van der Waals surface area contributed by atoms with Crippen LogP contribution in [0.5, 0.6) is 0 Å². The van der Waals surface area contributed by atoms with Crippen LogP contribution in [0, 0.1) is 17.2 Å². The zero-order valence-corrected chi connectivity index (χ0v) is 24.2. The zero-order chi connectivity index (χ0) is 28.2. The van der Waals surface area contributed by atoms with Crippen molar-refractivity contribution in [1.29, 1.82) is 5.26 Å². The topological polar surface area (TPSA) is 129 Å². The molecule has 0 radical (unpaired) electrons. The van der Waals surface area contributed by atoms with Gasteiger partial charge in [0.05, 0.1) is 25.4 Å². The average molecular weight is 561 g/mol. The average Bonchev–Trinajstić information content (AvgIpc) is 3.51. The van der Waals surface area contributed by atoms with Crippen molar-refractivity contribution in [2.24, 2.45) is 10.9 Å². The Morgan fingerprint density at radius 1 is 1.07 bits per heavy atom. The summed E-state index contributed by atoms with van der Waals surface area (Å²) in [6, 6.07) is 1.72. The van der Waals surface area contributed by atoms with Gasteiger partial charge >= 0.3 is 6.09 Å². The maximum absolute atomic E-state index is 13.9. The van der Waals surface area contributed by atoms with Gasteiger partial charge < -0.3 is 29.3 Å². The lowest BCUT2D eigenvalue weighted by molar-refractivity contribution is -0.124. The number of aliphatic imine (C=N–C) groups is 1. The van der Waals surface area contributed by atoms with E-state index in [1.54, 1.807) is 0 Å². The Balaban J connectivity index is 1.50. The summed E-state index contributed by atoms with van der Waals surface area (Å²) in [6.45, 7) is 7.74. The van der Waals surface area contributed by atoms with Crippen LogP contribution in [0.25, 0.3) is 0 Å². The van der Waals surface area contributed by atoms with Crippen molar-refractivity contribution in [2.75, 3.05) is 59.2 Å². The van der Waals surface area contributed by atoms with Gasteiger partial charge in [-0.15, -0.1) is 0 Å². The van der Waals surface area contributed by atoms with E-state index in [1.165, 1.54) is 6.42 Å². The minimum absolute atomic E-state index is 0.0785. The second kappa shape index (κ2) is 15.5. The van der Waals surface area contributed by atoms with E-state index >= 15 is 0 Å². The molecule has 2 amide bonds. The molecule has 11 nitrogen and oxygen atoms in total. The molecule has 3 heterocycles. The highest BCUT2D eigenvalue weighted by molar-refractivity contribution is 5.96. The molecule has 4 rings (SSSR count). The minimum atomic E-state index is -0.894. The van der Waals surface area contributed by atoms with Crippen molar-refractivity contribution in [3.63, 3.8) is 0 Å². The molecule has 4 aliphatic rings. The van der Waals surface area contributed by atoms with Gasteiger partial charge in [-0.3, -0.25) is 10.1 Å². The second-order valence-electron chi connectivity index (χ2n) is 11.7. The van der Waals surface area contributed by atoms with E-state index in [1.807, 2.05) is 4.90 Å². The van der Waals surface area contributed by atoms with Gasteiger partial charge in [0.25, 0.3) is 0 Å². The third kappa shape index (κ3) is 9.05. The summed E-state index contributed by atoms with van der Waals surface area (Å²) in [5.74, 6) is 0.479. The third-order valence-electron chi connectivity index (χ3n) is 8.64. The van der Waals surface area contributed by atoms with Crippen LogP contribution in [0.1, 0.15) is 77.6 Å². The molecule has 224 valence electrons. The van der Waals surface area contributed by atoms with Crippen molar-refractivity contribution in [1.82, 2.24) is 20.4 Å². The Hall–Kier alpha value is -2.42. The molecule has 0 bridgehead atoms. The smallest absolute Gasteiger partial charge is 0.414 e. The van der Waals surface area contributed by atoms with Crippen LogP contribution < -0.4 is 10.6 Å². The van der Waals surface area contributed by atoms with Crippen LogP contribution in [0.2, 0.25) is 0 Å². The summed E-state index contributed by atoms with van der Waals surface area (Å²) in [4.78, 5) is 35.9. The van der Waals surface area contributed by atoms with Gasteiger partial charge in [0, 0.05) is 32.8 Å². The number of alkyl carbamates (subject to hydrolysis) is 1.